The molecule has 1 heterocycles. The number of ether oxygens (including phenoxy) is 1. The van der Waals surface area contributed by atoms with Gasteiger partial charge in [-0.3, -0.25) is 0 Å². The molecule has 0 spiro atoms. The molecule has 3 heteroatoms. The van der Waals surface area contributed by atoms with Crippen LogP contribution in [0.3, 0.4) is 0 Å². The van der Waals surface area contributed by atoms with Gasteiger partial charge >= 0.3 is 0 Å². The molecular weight excluding hydrogens is 182 g/mol. The van der Waals surface area contributed by atoms with Gasteiger partial charge in [-0.05, 0) is 24.3 Å². The van der Waals surface area contributed by atoms with Gasteiger partial charge in [0.25, 0.3) is 0 Å². The summed E-state index contributed by atoms with van der Waals surface area (Å²) in [6, 6.07) is 8.74. The molecule has 0 radical (unpaired) electrons. The van der Waals surface area contributed by atoms with Gasteiger partial charge in [0.2, 0.25) is 0 Å². The first-order chi connectivity index (χ1) is 6.38. The highest BCUT2D eigenvalue weighted by atomic mass is 32.2. The molecule has 0 aliphatic carbocycles. The molecule has 1 aliphatic rings. The fourth-order valence-corrected chi connectivity index (χ4v) is 1.88. The molecule has 1 aromatic carbocycles. The summed E-state index contributed by atoms with van der Waals surface area (Å²) in [6.45, 7) is 0. The molecule has 2 nitrogen and oxygen atoms in total. The fourth-order valence-electron chi connectivity index (χ4n) is 1.24. The van der Waals surface area contributed by atoms with Crippen molar-refractivity contribution in [3.8, 4) is 5.75 Å². The van der Waals surface area contributed by atoms with Crippen LogP contribution in [0, 0.1) is 0 Å². The molecule has 1 saturated heterocycles. The monoisotopic (exact) mass is 195 g/mol. The van der Waals surface area contributed by atoms with Gasteiger partial charge in [0.05, 0.1) is 7.11 Å². The Labute approximate surface area is 82.7 Å². The van der Waals surface area contributed by atoms with E-state index in [0.29, 0.717) is 6.04 Å². The molecule has 1 N–H and O–H groups in total. The fraction of sp³-hybridized carbons (Fsp3) is 0.400. The summed E-state index contributed by atoms with van der Waals surface area (Å²) in [5.41, 5.74) is 1.19. The predicted molar refractivity (Wildman–Crippen MR) is 57.7 cm³/mol. The second-order valence-electron chi connectivity index (χ2n) is 3.11. The van der Waals surface area contributed by atoms with Crippen molar-refractivity contribution in [2.45, 2.75) is 6.04 Å². The molecule has 0 amide bonds. The van der Waals surface area contributed by atoms with E-state index in [2.05, 4.69) is 17.4 Å². The minimum atomic E-state index is 0.665. The Kier molecular flexibility index (Phi) is 2.64. The standard InChI is InChI=1S/C10H13NOS/c1-12-10-4-2-8(3-5-10)11-9-6-13-7-9/h2-5,9,11H,6-7H2,1H3. The molecule has 0 unspecified atom stereocenters. The summed E-state index contributed by atoms with van der Waals surface area (Å²) in [4.78, 5) is 0. The second kappa shape index (κ2) is 3.92. The zero-order valence-electron chi connectivity index (χ0n) is 7.62. The minimum Gasteiger partial charge on any atom is -0.497 e. The molecule has 1 aliphatic heterocycles. The van der Waals surface area contributed by atoms with Crippen LogP contribution in [0.25, 0.3) is 0 Å². The van der Waals surface area contributed by atoms with Crippen LogP contribution in [0.4, 0.5) is 5.69 Å². The first kappa shape index (κ1) is 8.75. The van der Waals surface area contributed by atoms with Gasteiger partial charge in [-0.25, -0.2) is 0 Å². The summed E-state index contributed by atoms with van der Waals surface area (Å²) in [7, 11) is 1.69. The maximum Gasteiger partial charge on any atom is 0.119 e. The predicted octanol–water partition coefficient (Wildman–Crippen LogP) is 2.22. The van der Waals surface area contributed by atoms with Crippen LogP contribution in [0.15, 0.2) is 24.3 Å². The molecule has 70 valence electrons. The normalized spacial score (nSPS) is 16.4. The highest BCUT2D eigenvalue weighted by Crippen LogP contribution is 2.23. The zero-order chi connectivity index (χ0) is 9.10. The molecule has 0 saturated carbocycles. The van der Waals surface area contributed by atoms with Gasteiger partial charge in [0.15, 0.2) is 0 Å². The van der Waals surface area contributed by atoms with Crippen LogP contribution in [0.5, 0.6) is 5.75 Å². The lowest BCUT2D eigenvalue weighted by Gasteiger charge is -2.26. The quantitative estimate of drug-likeness (QED) is 0.799. The van der Waals surface area contributed by atoms with Gasteiger partial charge in [-0.15, -0.1) is 0 Å². The molecule has 13 heavy (non-hydrogen) atoms. The lowest BCUT2D eigenvalue weighted by molar-refractivity contribution is 0.415. The molecule has 1 aromatic rings. The maximum atomic E-state index is 5.08. The van der Waals surface area contributed by atoms with Crippen molar-refractivity contribution in [1.29, 1.82) is 0 Å². The van der Waals surface area contributed by atoms with Crippen molar-refractivity contribution in [2.24, 2.45) is 0 Å². The van der Waals surface area contributed by atoms with E-state index in [1.165, 1.54) is 17.2 Å². The van der Waals surface area contributed by atoms with Crippen molar-refractivity contribution in [3.63, 3.8) is 0 Å². The summed E-state index contributed by atoms with van der Waals surface area (Å²) < 4.78 is 5.08. The lowest BCUT2D eigenvalue weighted by Crippen LogP contribution is -2.33. The van der Waals surface area contributed by atoms with E-state index in [-0.39, 0.29) is 0 Å². The number of nitrogens with one attached hydrogen (secondary N) is 1. The second-order valence-corrected chi connectivity index (χ2v) is 4.18. The van der Waals surface area contributed by atoms with Crippen molar-refractivity contribution in [1.82, 2.24) is 0 Å². The molecule has 0 atom stereocenters. The molecule has 0 aromatic heterocycles. The number of anilines is 1. The lowest BCUT2D eigenvalue weighted by atomic mass is 10.2. The van der Waals surface area contributed by atoms with E-state index in [9.17, 15) is 0 Å². The first-order valence-corrected chi connectivity index (χ1v) is 5.52. The smallest absolute Gasteiger partial charge is 0.119 e. The van der Waals surface area contributed by atoms with Crippen LogP contribution >= 0.6 is 11.8 Å². The number of thioether (sulfide) groups is 1. The van der Waals surface area contributed by atoms with Crippen molar-refractivity contribution < 1.29 is 4.74 Å². The third-order valence-corrected chi connectivity index (χ3v) is 3.38. The summed E-state index contributed by atoms with van der Waals surface area (Å²) in [5, 5.41) is 3.45. The van der Waals surface area contributed by atoms with Crippen LogP contribution in [-0.2, 0) is 0 Å². The van der Waals surface area contributed by atoms with Gasteiger partial charge < -0.3 is 10.1 Å². The zero-order valence-corrected chi connectivity index (χ0v) is 8.43. The molecule has 2 rings (SSSR count). The van der Waals surface area contributed by atoms with Gasteiger partial charge in [0.1, 0.15) is 5.75 Å². The van der Waals surface area contributed by atoms with Gasteiger partial charge in [-0.1, -0.05) is 0 Å². The molecule has 0 bridgehead atoms. The van der Waals surface area contributed by atoms with E-state index in [1.807, 2.05) is 23.9 Å². The topological polar surface area (TPSA) is 21.3 Å². The Hall–Kier alpha value is -0.830. The van der Waals surface area contributed by atoms with E-state index < -0.39 is 0 Å². The number of hydrogen-bond donors (Lipinski definition) is 1. The van der Waals surface area contributed by atoms with E-state index in [4.69, 9.17) is 4.74 Å². The average molecular weight is 195 g/mol. The number of benzene rings is 1. The number of rotatable bonds is 3. The van der Waals surface area contributed by atoms with Crippen LogP contribution in [0.1, 0.15) is 0 Å². The van der Waals surface area contributed by atoms with Crippen molar-refractivity contribution in [3.05, 3.63) is 24.3 Å². The highest BCUT2D eigenvalue weighted by molar-refractivity contribution is 8.00. The van der Waals surface area contributed by atoms with Crippen LogP contribution in [-0.4, -0.2) is 24.7 Å². The summed E-state index contributed by atoms with van der Waals surface area (Å²) >= 11 is 1.98. The Morgan fingerprint density at radius 1 is 1.31 bits per heavy atom. The average Bonchev–Trinajstić information content (AvgIpc) is 2.12. The van der Waals surface area contributed by atoms with Gasteiger partial charge in [-0.2, -0.15) is 11.8 Å². The Morgan fingerprint density at radius 2 is 2.00 bits per heavy atom. The summed E-state index contributed by atoms with van der Waals surface area (Å²) in [5.74, 6) is 3.37. The highest BCUT2D eigenvalue weighted by Gasteiger charge is 2.16. The third-order valence-electron chi connectivity index (χ3n) is 2.10. The number of methoxy groups -OCH3 is 1. The van der Waals surface area contributed by atoms with Crippen molar-refractivity contribution in [2.75, 3.05) is 23.9 Å². The summed E-state index contributed by atoms with van der Waals surface area (Å²) in [6.07, 6.45) is 0. The molecular formula is C10H13NOS. The van der Waals surface area contributed by atoms with E-state index in [0.717, 1.165) is 5.75 Å². The Balaban J connectivity index is 1.96. The SMILES string of the molecule is COc1ccc(NC2CSC2)cc1. The van der Waals surface area contributed by atoms with Crippen LogP contribution < -0.4 is 10.1 Å². The Morgan fingerprint density at radius 3 is 2.46 bits per heavy atom. The maximum absolute atomic E-state index is 5.08. The van der Waals surface area contributed by atoms with E-state index >= 15 is 0 Å². The van der Waals surface area contributed by atoms with E-state index in [1.54, 1.807) is 7.11 Å². The third kappa shape index (κ3) is 2.10. The Bertz CT molecular complexity index is 269. The van der Waals surface area contributed by atoms with Crippen molar-refractivity contribution >= 4 is 17.4 Å². The first-order valence-electron chi connectivity index (χ1n) is 4.37. The molecule has 1 fully saturated rings. The van der Waals surface area contributed by atoms with Gasteiger partial charge in [0, 0.05) is 23.2 Å². The minimum absolute atomic E-state index is 0.665. The van der Waals surface area contributed by atoms with Crippen LogP contribution in [0.2, 0.25) is 0 Å². The number of hydrogen-bond acceptors (Lipinski definition) is 3. The largest absolute Gasteiger partial charge is 0.497 e.